The number of hydrogen-bond donors (Lipinski definition) is 0. The molecule has 0 radical (unpaired) electrons. The molecule has 0 saturated carbocycles. The molecular formula is C20H28O3. The molecule has 3 nitrogen and oxygen atoms in total. The summed E-state index contributed by atoms with van der Waals surface area (Å²) in [5, 5.41) is 0. The van der Waals surface area contributed by atoms with Gasteiger partial charge in [-0.15, -0.1) is 0 Å². The van der Waals surface area contributed by atoms with Gasteiger partial charge in [0.15, 0.2) is 0 Å². The highest BCUT2D eigenvalue weighted by Gasteiger charge is 2.26. The second kappa shape index (κ2) is 7.49. The molecule has 0 fully saturated rings. The van der Waals surface area contributed by atoms with Crippen LogP contribution in [-0.4, -0.2) is 12.6 Å². The predicted molar refractivity (Wildman–Crippen MR) is 95.4 cm³/mol. The molecule has 0 bridgehead atoms. The van der Waals surface area contributed by atoms with E-state index in [1.54, 1.807) is 6.08 Å². The molecule has 0 unspecified atom stereocenters. The number of rotatable bonds is 6. The number of ether oxygens (including phenoxy) is 2. The van der Waals surface area contributed by atoms with Gasteiger partial charge >= 0.3 is 5.97 Å². The second-order valence-electron chi connectivity index (χ2n) is 6.93. The van der Waals surface area contributed by atoms with Crippen LogP contribution >= 0.6 is 0 Å². The Kier molecular flexibility index (Phi) is 6.20. The molecule has 0 atom stereocenters. The van der Waals surface area contributed by atoms with Gasteiger partial charge in [-0.3, -0.25) is 4.79 Å². The summed E-state index contributed by atoms with van der Waals surface area (Å²) in [5.41, 5.74) is 3.73. The van der Waals surface area contributed by atoms with E-state index in [0.29, 0.717) is 18.8 Å². The topological polar surface area (TPSA) is 35.5 Å². The lowest BCUT2D eigenvalue weighted by Crippen LogP contribution is -2.17. The van der Waals surface area contributed by atoms with E-state index in [9.17, 15) is 4.79 Å². The van der Waals surface area contributed by atoms with Crippen molar-refractivity contribution in [3.8, 4) is 11.5 Å². The van der Waals surface area contributed by atoms with E-state index in [-0.39, 0.29) is 11.4 Å². The van der Waals surface area contributed by atoms with E-state index in [1.165, 1.54) is 6.92 Å². The Morgan fingerprint density at radius 1 is 1.30 bits per heavy atom. The molecule has 0 amide bonds. The molecule has 0 saturated heterocycles. The first-order valence-electron chi connectivity index (χ1n) is 7.81. The van der Waals surface area contributed by atoms with Gasteiger partial charge in [0.25, 0.3) is 0 Å². The van der Waals surface area contributed by atoms with E-state index in [2.05, 4.69) is 33.9 Å². The Balaban J connectivity index is 3.63. The van der Waals surface area contributed by atoms with Crippen LogP contribution in [0.25, 0.3) is 0 Å². The van der Waals surface area contributed by atoms with Crippen molar-refractivity contribution in [3.05, 3.63) is 47.6 Å². The molecule has 1 aromatic rings. The van der Waals surface area contributed by atoms with E-state index < -0.39 is 0 Å². The van der Waals surface area contributed by atoms with Gasteiger partial charge in [0.2, 0.25) is 0 Å². The molecular weight excluding hydrogens is 288 g/mol. The minimum Gasteiger partial charge on any atom is -0.489 e. The minimum absolute atomic E-state index is 0.177. The Morgan fingerprint density at radius 2 is 1.91 bits per heavy atom. The van der Waals surface area contributed by atoms with Gasteiger partial charge in [-0.25, -0.2) is 0 Å². The third kappa shape index (κ3) is 4.98. The van der Waals surface area contributed by atoms with E-state index in [1.807, 2.05) is 19.9 Å². The van der Waals surface area contributed by atoms with Crippen molar-refractivity contribution in [3.63, 3.8) is 0 Å². The zero-order chi connectivity index (χ0) is 17.8. The first-order chi connectivity index (χ1) is 10.6. The Morgan fingerprint density at radius 3 is 2.35 bits per heavy atom. The number of allylic oxidation sites excluding steroid dienone is 1. The van der Waals surface area contributed by atoms with Gasteiger partial charge in [0, 0.05) is 18.1 Å². The van der Waals surface area contributed by atoms with Gasteiger partial charge in [-0.1, -0.05) is 45.6 Å². The van der Waals surface area contributed by atoms with Crippen molar-refractivity contribution >= 4 is 5.97 Å². The van der Waals surface area contributed by atoms with Gasteiger partial charge in [-0.05, 0) is 37.3 Å². The first kappa shape index (κ1) is 19.0. The lowest BCUT2D eigenvalue weighted by molar-refractivity contribution is -0.132. The monoisotopic (exact) mass is 316 g/mol. The van der Waals surface area contributed by atoms with Crippen LogP contribution in [0.3, 0.4) is 0 Å². The average molecular weight is 316 g/mol. The number of hydrogen-bond acceptors (Lipinski definition) is 3. The molecule has 0 aliphatic rings. The molecule has 0 N–H and O–H groups in total. The van der Waals surface area contributed by atoms with Crippen LogP contribution in [0.15, 0.2) is 30.9 Å². The number of benzene rings is 1. The third-order valence-corrected chi connectivity index (χ3v) is 3.50. The van der Waals surface area contributed by atoms with E-state index in [4.69, 9.17) is 9.47 Å². The molecule has 0 aliphatic heterocycles. The Hall–Kier alpha value is -2.03. The van der Waals surface area contributed by atoms with Crippen LogP contribution in [0.5, 0.6) is 11.5 Å². The maximum Gasteiger partial charge on any atom is 0.308 e. The fourth-order valence-corrected chi connectivity index (χ4v) is 2.44. The number of esters is 1. The maximum absolute atomic E-state index is 11.6. The second-order valence-corrected chi connectivity index (χ2v) is 6.93. The van der Waals surface area contributed by atoms with Crippen LogP contribution in [0, 0.1) is 6.92 Å². The third-order valence-electron chi connectivity index (χ3n) is 3.50. The standard InChI is InChI=1S/C20H28O3/c1-9-10-22-18-12-17(20(6,7)8)19(23-15(5)21)14(4)16(18)11-13(2)3/h9,12H,1-2,10-11H2,3-8H3. The molecule has 126 valence electrons. The zero-order valence-electron chi connectivity index (χ0n) is 15.2. The van der Waals surface area contributed by atoms with Crippen molar-refractivity contribution in [1.82, 2.24) is 0 Å². The fraction of sp³-hybridized carbons (Fsp3) is 0.450. The summed E-state index contributed by atoms with van der Waals surface area (Å²) in [4.78, 5) is 11.6. The molecule has 1 aromatic carbocycles. The normalized spacial score (nSPS) is 11.0. The quantitative estimate of drug-likeness (QED) is 0.425. The van der Waals surface area contributed by atoms with Gasteiger partial charge in [0.05, 0.1) is 0 Å². The summed E-state index contributed by atoms with van der Waals surface area (Å²) < 4.78 is 11.4. The summed E-state index contributed by atoms with van der Waals surface area (Å²) in [6.07, 6.45) is 2.40. The minimum atomic E-state index is -0.320. The molecule has 0 heterocycles. The van der Waals surface area contributed by atoms with Crippen molar-refractivity contribution in [2.24, 2.45) is 0 Å². The summed E-state index contributed by atoms with van der Waals surface area (Å²) >= 11 is 0. The SMILES string of the molecule is C=CCOc1cc(C(C)(C)C)c(OC(C)=O)c(C)c1CC(=C)C. The summed E-state index contributed by atoms with van der Waals surface area (Å²) in [6.45, 7) is 19.7. The fourth-order valence-electron chi connectivity index (χ4n) is 2.44. The number of carbonyl (C=O) groups is 1. The summed E-state index contributed by atoms with van der Waals surface area (Å²) in [6, 6.07) is 1.98. The smallest absolute Gasteiger partial charge is 0.308 e. The van der Waals surface area contributed by atoms with Crippen LogP contribution in [0.2, 0.25) is 0 Å². The Labute approximate surface area is 140 Å². The summed E-state index contributed by atoms with van der Waals surface area (Å²) in [7, 11) is 0. The average Bonchev–Trinajstić information content (AvgIpc) is 2.40. The van der Waals surface area contributed by atoms with Crippen molar-refractivity contribution < 1.29 is 14.3 Å². The largest absolute Gasteiger partial charge is 0.489 e. The highest BCUT2D eigenvalue weighted by Crippen LogP contribution is 2.41. The van der Waals surface area contributed by atoms with Crippen LogP contribution < -0.4 is 9.47 Å². The molecule has 3 heteroatoms. The van der Waals surface area contributed by atoms with E-state index >= 15 is 0 Å². The van der Waals surface area contributed by atoms with Crippen LogP contribution in [0.4, 0.5) is 0 Å². The zero-order valence-corrected chi connectivity index (χ0v) is 15.2. The molecule has 1 rings (SSSR count). The highest BCUT2D eigenvalue weighted by molar-refractivity contribution is 5.72. The first-order valence-corrected chi connectivity index (χ1v) is 7.81. The predicted octanol–water partition coefficient (Wildman–Crippen LogP) is 4.90. The van der Waals surface area contributed by atoms with Crippen molar-refractivity contribution in [2.75, 3.05) is 6.61 Å². The highest BCUT2D eigenvalue weighted by atomic mass is 16.5. The van der Waals surface area contributed by atoms with Crippen LogP contribution in [-0.2, 0) is 16.6 Å². The Bertz CT molecular complexity index is 619. The van der Waals surface area contributed by atoms with Crippen molar-refractivity contribution in [1.29, 1.82) is 0 Å². The molecule has 0 spiro atoms. The lowest BCUT2D eigenvalue weighted by Gasteiger charge is -2.26. The van der Waals surface area contributed by atoms with Crippen molar-refractivity contribution in [2.45, 2.75) is 53.4 Å². The molecule has 23 heavy (non-hydrogen) atoms. The van der Waals surface area contributed by atoms with Crippen LogP contribution in [0.1, 0.15) is 51.3 Å². The van der Waals surface area contributed by atoms with E-state index in [0.717, 1.165) is 28.0 Å². The molecule has 0 aliphatic carbocycles. The molecule has 0 aromatic heterocycles. The van der Waals surface area contributed by atoms with Gasteiger partial charge < -0.3 is 9.47 Å². The lowest BCUT2D eigenvalue weighted by atomic mass is 9.83. The maximum atomic E-state index is 11.6. The summed E-state index contributed by atoms with van der Waals surface area (Å²) in [5.74, 6) is 1.11. The number of carbonyl (C=O) groups excluding carboxylic acids is 1. The van der Waals surface area contributed by atoms with Gasteiger partial charge in [0.1, 0.15) is 18.1 Å². The van der Waals surface area contributed by atoms with Gasteiger partial charge in [-0.2, -0.15) is 0 Å².